The first-order chi connectivity index (χ1) is 14.9. The van der Waals surface area contributed by atoms with Gasteiger partial charge in [-0.15, -0.1) is 0 Å². The summed E-state index contributed by atoms with van der Waals surface area (Å²) < 4.78 is 10.4. The Balaban J connectivity index is 3.37. The number of carbonyl (C=O) groups excluding carboxylic acids is 2. The van der Waals surface area contributed by atoms with Crippen LogP contribution in [0.2, 0.25) is 0 Å². The van der Waals surface area contributed by atoms with E-state index in [2.05, 4.69) is 0 Å². The van der Waals surface area contributed by atoms with Gasteiger partial charge in [-0.3, -0.25) is 0 Å². The Morgan fingerprint density at radius 2 is 1.31 bits per heavy atom. The van der Waals surface area contributed by atoms with Crippen LogP contribution in [0, 0.1) is 0 Å². The molecule has 0 aromatic heterocycles. The zero-order valence-corrected chi connectivity index (χ0v) is 18.1. The molecule has 4 N–H and O–H groups in total. The first-order valence-corrected chi connectivity index (χ1v) is 9.58. The van der Waals surface area contributed by atoms with Crippen molar-refractivity contribution in [2.24, 2.45) is 0 Å². The van der Waals surface area contributed by atoms with E-state index in [0.29, 0.717) is 18.1 Å². The standard InChI is InChI=1S/C22H26O10/c1-11(9-23)21(29)31-13(3)7-15-5-6-16(19(25)26)18(20(27)28)17(15)8-14(4)32-22(30)12(2)10-24/h5-6,9-10,13-14,23-24H,7-8H2,1-4H3,(H,25,26)(H,27,28). The second-order valence-electron chi connectivity index (χ2n) is 7.20. The highest BCUT2D eigenvalue weighted by Gasteiger charge is 2.26. The Bertz CT molecular complexity index is 958. The summed E-state index contributed by atoms with van der Waals surface area (Å²) >= 11 is 0. The summed E-state index contributed by atoms with van der Waals surface area (Å²) in [5, 5.41) is 37.0. The molecule has 0 saturated carbocycles. The van der Waals surface area contributed by atoms with Gasteiger partial charge in [0, 0.05) is 12.8 Å². The summed E-state index contributed by atoms with van der Waals surface area (Å²) in [4.78, 5) is 47.3. The smallest absolute Gasteiger partial charge is 0.337 e. The van der Waals surface area contributed by atoms with E-state index in [0.717, 1.165) is 6.07 Å². The van der Waals surface area contributed by atoms with Crippen LogP contribution in [0.25, 0.3) is 0 Å². The van der Waals surface area contributed by atoms with Crippen LogP contribution >= 0.6 is 0 Å². The summed E-state index contributed by atoms with van der Waals surface area (Å²) in [5.41, 5.74) is -0.501. The van der Waals surface area contributed by atoms with Gasteiger partial charge < -0.3 is 29.9 Å². The summed E-state index contributed by atoms with van der Waals surface area (Å²) in [5.74, 6) is -4.51. The largest absolute Gasteiger partial charge is 0.515 e. The zero-order chi connectivity index (χ0) is 24.6. The van der Waals surface area contributed by atoms with Crippen molar-refractivity contribution >= 4 is 23.9 Å². The highest BCUT2D eigenvalue weighted by atomic mass is 16.5. The maximum atomic E-state index is 11.9. The molecule has 0 saturated heterocycles. The Kier molecular flexibility index (Phi) is 9.45. The van der Waals surface area contributed by atoms with Crippen LogP contribution in [-0.4, -0.2) is 56.5 Å². The highest BCUT2D eigenvalue weighted by molar-refractivity contribution is 6.03. The van der Waals surface area contributed by atoms with Gasteiger partial charge in [0.25, 0.3) is 0 Å². The van der Waals surface area contributed by atoms with Crippen molar-refractivity contribution in [1.29, 1.82) is 0 Å². The van der Waals surface area contributed by atoms with Crippen molar-refractivity contribution in [3.8, 4) is 0 Å². The molecule has 2 atom stereocenters. The van der Waals surface area contributed by atoms with Gasteiger partial charge in [-0.1, -0.05) is 6.07 Å². The molecule has 10 heteroatoms. The van der Waals surface area contributed by atoms with Crippen LogP contribution < -0.4 is 0 Å². The number of benzene rings is 1. The fourth-order valence-corrected chi connectivity index (χ4v) is 2.88. The molecule has 0 amide bonds. The lowest BCUT2D eigenvalue weighted by molar-refractivity contribution is -0.144. The van der Waals surface area contributed by atoms with Crippen molar-refractivity contribution in [1.82, 2.24) is 0 Å². The average Bonchev–Trinajstić information content (AvgIpc) is 2.72. The number of aliphatic hydroxyl groups excluding tert-OH is 2. The molecule has 0 aliphatic rings. The molecular formula is C22H26O10. The Labute approximate surface area is 184 Å². The van der Waals surface area contributed by atoms with E-state index in [9.17, 15) is 29.4 Å². The van der Waals surface area contributed by atoms with E-state index >= 15 is 0 Å². The minimum Gasteiger partial charge on any atom is -0.515 e. The fourth-order valence-electron chi connectivity index (χ4n) is 2.88. The maximum Gasteiger partial charge on any atom is 0.337 e. The molecule has 32 heavy (non-hydrogen) atoms. The fraction of sp³-hybridized carbons (Fsp3) is 0.364. The third-order valence-corrected chi connectivity index (χ3v) is 4.50. The monoisotopic (exact) mass is 450 g/mol. The Morgan fingerprint density at radius 3 is 1.72 bits per heavy atom. The minimum atomic E-state index is -1.48. The van der Waals surface area contributed by atoms with Crippen molar-refractivity contribution < 1.29 is 49.1 Å². The quantitative estimate of drug-likeness (QED) is 0.236. The Morgan fingerprint density at radius 1 is 0.844 bits per heavy atom. The number of esters is 2. The average molecular weight is 450 g/mol. The molecule has 0 aliphatic heterocycles. The second kappa shape index (κ2) is 11.5. The molecule has 1 rings (SSSR count). The number of carbonyl (C=O) groups is 4. The predicted molar refractivity (Wildman–Crippen MR) is 112 cm³/mol. The summed E-state index contributed by atoms with van der Waals surface area (Å²) in [6, 6.07) is 2.56. The zero-order valence-electron chi connectivity index (χ0n) is 18.1. The van der Waals surface area contributed by atoms with E-state index in [1.807, 2.05) is 0 Å². The number of aliphatic hydroxyl groups is 2. The Hall–Kier alpha value is -3.82. The van der Waals surface area contributed by atoms with Crippen molar-refractivity contribution in [2.75, 3.05) is 0 Å². The third kappa shape index (κ3) is 6.86. The van der Waals surface area contributed by atoms with Crippen LogP contribution in [0.1, 0.15) is 59.5 Å². The van der Waals surface area contributed by atoms with Crippen molar-refractivity contribution in [3.05, 3.63) is 58.1 Å². The number of aromatic carboxylic acids is 2. The van der Waals surface area contributed by atoms with Crippen molar-refractivity contribution in [2.45, 2.75) is 52.7 Å². The van der Waals surface area contributed by atoms with Crippen LogP contribution in [0.4, 0.5) is 0 Å². The molecule has 2 unspecified atom stereocenters. The first-order valence-electron chi connectivity index (χ1n) is 9.58. The van der Waals surface area contributed by atoms with Crippen LogP contribution in [-0.2, 0) is 31.9 Å². The molecule has 0 bridgehead atoms. The van der Waals surface area contributed by atoms with Gasteiger partial charge in [0.15, 0.2) is 0 Å². The number of hydrogen-bond donors (Lipinski definition) is 4. The molecule has 0 spiro atoms. The summed E-state index contributed by atoms with van der Waals surface area (Å²) in [7, 11) is 0. The number of carboxylic acids is 2. The lowest BCUT2D eigenvalue weighted by Gasteiger charge is -2.21. The van der Waals surface area contributed by atoms with E-state index in [-0.39, 0.29) is 29.6 Å². The van der Waals surface area contributed by atoms with E-state index in [4.69, 9.17) is 19.7 Å². The lowest BCUT2D eigenvalue weighted by Crippen LogP contribution is -2.24. The van der Waals surface area contributed by atoms with Gasteiger partial charge in [0.1, 0.15) is 12.2 Å². The lowest BCUT2D eigenvalue weighted by atomic mass is 9.89. The summed E-state index contributed by atoms with van der Waals surface area (Å²) in [6.07, 6.45) is -0.535. The maximum absolute atomic E-state index is 11.9. The molecule has 174 valence electrons. The molecule has 1 aromatic carbocycles. The van der Waals surface area contributed by atoms with Crippen molar-refractivity contribution in [3.63, 3.8) is 0 Å². The SMILES string of the molecule is CC(=CO)C(=O)OC(C)Cc1ccc(C(=O)O)c(C(=O)O)c1CC(C)OC(=O)C(C)=CO. The molecule has 0 heterocycles. The normalized spacial score (nSPS) is 13.8. The molecule has 0 fully saturated rings. The third-order valence-electron chi connectivity index (χ3n) is 4.50. The summed E-state index contributed by atoms with van der Waals surface area (Å²) in [6.45, 7) is 5.72. The topological polar surface area (TPSA) is 168 Å². The van der Waals surface area contributed by atoms with E-state index in [1.165, 1.54) is 26.8 Å². The minimum absolute atomic E-state index is 0.0302. The predicted octanol–water partition coefficient (Wildman–Crippen LogP) is 2.96. The second-order valence-corrected chi connectivity index (χ2v) is 7.20. The van der Waals surface area contributed by atoms with Gasteiger partial charge in [-0.25, -0.2) is 19.2 Å². The molecular weight excluding hydrogens is 424 g/mol. The highest BCUT2D eigenvalue weighted by Crippen LogP contribution is 2.25. The first kappa shape index (κ1) is 26.2. The number of rotatable bonds is 10. The van der Waals surface area contributed by atoms with Gasteiger partial charge in [0.2, 0.25) is 0 Å². The van der Waals surface area contributed by atoms with Gasteiger partial charge in [0.05, 0.1) is 34.8 Å². The molecule has 1 aromatic rings. The number of carboxylic acid groups (broad SMARTS) is 2. The van der Waals surface area contributed by atoms with Gasteiger partial charge in [-0.2, -0.15) is 0 Å². The van der Waals surface area contributed by atoms with E-state index in [1.54, 1.807) is 6.92 Å². The number of hydrogen-bond acceptors (Lipinski definition) is 8. The van der Waals surface area contributed by atoms with Gasteiger partial charge >= 0.3 is 23.9 Å². The van der Waals surface area contributed by atoms with Crippen LogP contribution in [0.15, 0.2) is 35.8 Å². The van der Waals surface area contributed by atoms with Gasteiger partial charge in [-0.05, 0) is 44.9 Å². The van der Waals surface area contributed by atoms with Crippen LogP contribution in [0.3, 0.4) is 0 Å². The molecule has 0 aliphatic carbocycles. The molecule has 0 radical (unpaired) electrons. The van der Waals surface area contributed by atoms with E-state index < -0.39 is 47.2 Å². The molecule has 10 nitrogen and oxygen atoms in total. The number of ether oxygens (including phenoxy) is 2. The van der Waals surface area contributed by atoms with Crippen LogP contribution in [0.5, 0.6) is 0 Å².